The maximum atomic E-state index is 5.76. The lowest BCUT2D eigenvalue weighted by molar-refractivity contribution is 0.764. The van der Waals surface area contributed by atoms with Gasteiger partial charge in [0.15, 0.2) is 16.0 Å². The molecule has 0 aliphatic carbocycles. The normalized spacial score (nSPS) is 11.2. The molecule has 0 aliphatic heterocycles. The number of azo groups is 1. The SMILES string of the molecule is Cn1nccc1N=Nc1sc(N)nc1-c1cccnc1. The van der Waals surface area contributed by atoms with Crippen LogP contribution in [0, 0.1) is 0 Å². The summed E-state index contributed by atoms with van der Waals surface area (Å²) in [4.78, 5) is 8.36. The van der Waals surface area contributed by atoms with Crippen molar-refractivity contribution in [3.8, 4) is 11.3 Å². The molecule has 0 unspecified atom stereocenters. The van der Waals surface area contributed by atoms with Crippen LogP contribution in [-0.4, -0.2) is 19.7 Å². The van der Waals surface area contributed by atoms with Crippen LogP contribution in [0.2, 0.25) is 0 Å². The molecule has 0 atom stereocenters. The van der Waals surface area contributed by atoms with Gasteiger partial charge in [-0.25, -0.2) is 9.67 Å². The zero-order valence-corrected chi connectivity index (χ0v) is 11.4. The van der Waals surface area contributed by atoms with Gasteiger partial charge in [0.05, 0.1) is 6.20 Å². The molecule has 3 heterocycles. The molecule has 0 radical (unpaired) electrons. The highest BCUT2D eigenvalue weighted by atomic mass is 32.1. The van der Waals surface area contributed by atoms with Crippen molar-refractivity contribution in [1.29, 1.82) is 0 Å². The number of pyridine rings is 1. The predicted molar refractivity (Wildman–Crippen MR) is 77.1 cm³/mol. The van der Waals surface area contributed by atoms with Crippen LogP contribution in [0.25, 0.3) is 11.3 Å². The fraction of sp³-hybridized carbons (Fsp3) is 0.0833. The number of nitrogens with zero attached hydrogens (tertiary/aromatic N) is 6. The van der Waals surface area contributed by atoms with Crippen molar-refractivity contribution in [2.45, 2.75) is 0 Å². The number of aryl methyl sites for hydroxylation is 1. The van der Waals surface area contributed by atoms with Crippen LogP contribution in [0.3, 0.4) is 0 Å². The molecule has 0 saturated heterocycles. The molecule has 0 spiro atoms. The first-order valence-corrected chi connectivity index (χ1v) is 6.62. The Morgan fingerprint density at radius 1 is 1.25 bits per heavy atom. The molecule has 3 aromatic rings. The van der Waals surface area contributed by atoms with Gasteiger partial charge >= 0.3 is 0 Å². The minimum Gasteiger partial charge on any atom is -0.375 e. The lowest BCUT2D eigenvalue weighted by Gasteiger charge is -1.96. The smallest absolute Gasteiger partial charge is 0.182 e. The minimum absolute atomic E-state index is 0.447. The van der Waals surface area contributed by atoms with E-state index in [0.29, 0.717) is 21.6 Å². The van der Waals surface area contributed by atoms with Gasteiger partial charge in [-0.1, -0.05) is 11.3 Å². The number of anilines is 1. The molecule has 7 nitrogen and oxygen atoms in total. The van der Waals surface area contributed by atoms with Crippen molar-refractivity contribution in [2.75, 3.05) is 5.73 Å². The summed E-state index contributed by atoms with van der Waals surface area (Å²) in [6.07, 6.45) is 5.09. The van der Waals surface area contributed by atoms with Crippen LogP contribution in [0.4, 0.5) is 16.0 Å². The third-order valence-corrected chi connectivity index (χ3v) is 3.37. The number of hydrogen-bond acceptors (Lipinski definition) is 7. The fourth-order valence-corrected chi connectivity index (χ4v) is 2.33. The number of rotatable bonds is 3. The highest BCUT2D eigenvalue weighted by Gasteiger charge is 2.11. The average Bonchev–Trinajstić information content (AvgIpc) is 3.03. The summed E-state index contributed by atoms with van der Waals surface area (Å²) >= 11 is 1.29. The van der Waals surface area contributed by atoms with E-state index in [-0.39, 0.29) is 0 Å². The second-order valence-corrected chi connectivity index (χ2v) is 4.97. The van der Waals surface area contributed by atoms with Gasteiger partial charge in [0.25, 0.3) is 0 Å². The summed E-state index contributed by atoms with van der Waals surface area (Å²) in [5.41, 5.74) is 7.31. The van der Waals surface area contributed by atoms with Gasteiger partial charge in [-0.15, -0.1) is 10.2 Å². The van der Waals surface area contributed by atoms with E-state index in [4.69, 9.17) is 5.73 Å². The third kappa shape index (κ3) is 2.41. The molecule has 0 saturated carbocycles. The molecule has 0 aromatic carbocycles. The molecule has 0 amide bonds. The number of nitrogen functional groups attached to an aromatic ring is 1. The Labute approximate surface area is 118 Å². The Balaban J connectivity index is 1.99. The van der Waals surface area contributed by atoms with Crippen LogP contribution in [0.1, 0.15) is 0 Å². The van der Waals surface area contributed by atoms with Crippen molar-refractivity contribution in [2.24, 2.45) is 17.3 Å². The van der Waals surface area contributed by atoms with E-state index < -0.39 is 0 Å². The van der Waals surface area contributed by atoms with E-state index >= 15 is 0 Å². The molecule has 3 rings (SSSR count). The molecule has 20 heavy (non-hydrogen) atoms. The molecule has 8 heteroatoms. The van der Waals surface area contributed by atoms with Gasteiger partial charge in [-0.2, -0.15) is 5.10 Å². The van der Waals surface area contributed by atoms with E-state index in [1.165, 1.54) is 11.3 Å². The Hall–Kier alpha value is -2.61. The quantitative estimate of drug-likeness (QED) is 0.748. The van der Waals surface area contributed by atoms with Gasteiger partial charge in [-0.3, -0.25) is 4.98 Å². The largest absolute Gasteiger partial charge is 0.375 e. The average molecular weight is 285 g/mol. The van der Waals surface area contributed by atoms with Crippen molar-refractivity contribution in [1.82, 2.24) is 19.7 Å². The van der Waals surface area contributed by atoms with Gasteiger partial charge in [0, 0.05) is 31.1 Å². The number of hydrogen-bond donors (Lipinski definition) is 1. The topological polar surface area (TPSA) is 94.3 Å². The summed E-state index contributed by atoms with van der Waals surface area (Å²) < 4.78 is 1.64. The van der Waals surface area contributed by atoms with Gasteiger partial charge in [0.2, 0.25) is 0 Å². The lowest BCUT2D eigenvalue weighted by atomic mass is 10.2. The standard InChI is InChI=1S/C12H11N7S/c1-19-9(4-6-15-19)17-18-11-10(16-12(13)20-11)8-3-2-5-14-7-8/h2-7H,1H3,(H2,13,16). The lowest BCUT2D eigenvalue weighted by Crippen LogP contribution is -1.86. The predicted octanol–water partition coefficient (Wildman–Crippen LogP) is 2.94. The summed E-state index contributed by atoms with van der Waals surface area (Å²) in [7, 11) is 1.80. The highest BCUT2D eigenvalue weighted by Crippen LogP contribution is 2.37. The molecular formula is C12H11N7S. The summed E-state index contributed by atoms with van der Waals surface area (Å²) in [5, 5.41) is 13.5. The third-order valence-electron chi connectivity index (χ3n) is 2.60. The highest BCUT2D eigenvalue weighted by molar-refractivity contribution is 7.19. The number of aromatic nitrogens is 4. The molecule has 0 bridgehead atoms. The monoisotopic (exact) mass is 285 g/mol. The Morgan fingerprint density at radius 3 is 2.85 bits per heavy atom. The van der Waals surface area contributed by atoms with Crippen molar-refractivity contribution in [3.63, 3.8) is 0 Å². The zero-order valence-electron chi connectivity index (χ0n) is 10.6. The molecule has 3 aromatic heterocycles. The van der Waals surface area contributed by atoms with E-state index in [2.05, 4.69) is 25.3 Å². The van der Waals surface area contributed by atoms with Crippen LogP contribution in [-0.2, 0) is 7.05 Å². The molecule has 0 aliphatic rings. The Morgan fingerprint density at radius 2 is 2.15 bits per heavy atom. The zero-order chi connectivity index (χ0) is 13.9. The molecule has 2 N–H and O–H groups in total. The maximum absolute atomic E-state index is 5.76. The van der Waals surface area contributed by atoms with E-state index in [9.17, 15) is 0 Å². The molecule has 100 valence electrons. The number of nitrogens with two attached hydrogens (primary N) is 1. The van der Waals surface area contributed by atoms with Gasteiger partial charge in [-0.05, 0) is 12.1 Å². The second-order valence-electron chi connectivity index (χ2n) is 3.96. The summed E-state index contributed by atoms with van der Waals surface area (Å²) in [5.74, 6) is 0.661. The van der Waals surface area contributed by atoms with Crippen molar-refractivity contribution >= 4 is 27.3 Å². The van der Waals surface area contributed by atoms with E-state index in [1.807, 2.05) is 12.1 Å². The van der Waals surface area contributed by atoms with Crippen molar-refractivity contribution in [3.05, 3.63) is 36.8 Å². The van der Waals surface area contributed by atoms with Crippen LogP contribution < -0.4 is 5.73 Å². The second kappa shape index (κ2) is 5.17. The molecule has 0 fully saturated rings. The Kier molecular flexibility index (Phi) is 3.21. The van der Waals surface area contributed by atoms with Gasteiger partial charge in [0.1, 0.15) is 5.69 Å². The first-order chi connectivity index (χ1) is 9.74. The summed E-state index contributed by atoms with van der Waals surface area (Å²) in [6.45, 7) is 0. The van der Waals surface area contributed by atoms with Crippen LogP contribution >= 0.6 is 11.3 Å². The van der Waals surface area contributed by atoms with Crippen molar-refractivity contribution < 1.29 is 0 Å². The van der Waals surface area contributed by atoms with E-state index in [0.717, 1.165) is 5.56 Å². The summed E-state index contributed by atoms with van der Waals surface area (Å²) in [6, 6.07) is 5.52. The molecular weight excluding hydrogens is 274 g/mol. The first-order valence-electron chi connectivity index (χ1n) is 5.80. The number of thiazole rings is 1. The van der Waals surface area contributed by atoms with E-state index in [1.54, 1.807) is 36.4 Å². The maximum Gasteiger partial charge on any atom is 0.182 e. The minimum atomic E-state index is 0.447. The van der Waals surface area contributed by atoms with Gasteiger partial charge < -0.3 is 5.73 Å². The Bertz CT molecular complexity index is 744. The van der Waals surface area contributed by atoms with Crippen LogP contribution in [0.5, 0.6) is 0 Å². The first kappa shape index (κ1) is 12.4. The van der Waals surface area contributed by atoms with Crippen LogP contribution in [0.15, 0.2) is 47.0 Å². The fourth-order valence-electron chi connectivity index (χ4n) is 1.65.